The predicted molar refractivity (Wildman–Crippen MR) is 121 cm³/mol. The van der Waals surface area contributed by atoms with Gasteiger partial charge in [0.2, 0.25) is 11.8 Å². The summed E-state index contributed by atoms with van der Waals surface area (Å²) in [6, 6.07) is 12.4. The van der Waals surface area contributed by atoms with E-state index >= 15 is 0 Å². The highest BCUT2D eigenvalue weighted by atomic mass is 35.5. The lowest BCUT2D eigenvalue weighted by Crippen LogP contribution is -2.52. The maximum absolute atomic E-state index is 13.0. The van der Waals surface area contributed by atoms with Crippen LogP contribution in [0.3, 0.4) is 0 Å². The Bertz CT molecular complexity index is 977. The van der Waals surface area contributed by atoms with Crippen LogP contribution in [0.4, 0.5) is 18.9 Å². The fraction of sp³-hybridized carbons (Fsp3) is 0.391. The zero-order valence-corrected chi connectivity index (χ0v) is 19.2. The van der Waals surface area contributed by atoms with Gasteiger partial charge in [0.25, 0.3) is 0 Å². The van der Waals surface area contributed by atoms with E-state index in [9.17, 15) is 22.8 Å². The van der Waals surface area contributed by atoms with Gasteiger partial charge in [0.15, 0.2) is 0 Å². The van der Waals surface area contributed by atoms with Crippen LogP contribution in [0.2, 0.25) is 5.02 Å². The third-order valence-corrected chi connectivity index (χ3v) is 5.81. The number of carbonyl (C=O) groups excluding carboxylic acids is 2. The van der Waals surface area contributed by atoms with E-state index < -0.39 is 28.7 Å². The Labute approximate surface area is 195 Å². The summed E-state index contributed by atoms with van der Waals surface area (Å²) in [6.07, 6.45) is -4.60. The fourth-order valence-electron chi connectivity index (χ4n) is 3.79. The number of nitrogens with one attached hydrogen (secondary N) is 1. The van der Waals surface area contributed by atoms with Gasteiger partial charge in [-0.05, 0) is 23.8 Å². The third-order valence-electron chi connectivity index (χ3n) is 5.48. The quantitative estimate of drug-likeness (QED) is 0.681. The van der Waals surface area contributed by atoms with Crippen molar-refractivity contribution in [2.24, 2.45) is 0 Å². The van der Waals surface area contributed by atoms with E-state index in [4.69, 9.17) is 11.6 Å². The highest BCUT2D eigenvalue weighted by Crippen LogP contribution is 2.36. The number of hydrogen-bond donors (Lipinski definition) is 1. The lowest BCUT2D eigenvalue weighted by molar-refractivity contribution is -0.137. The smallest absolute Gasteiger partial charge is 0.347 e. The van der Waals surface area contributed by atoms with E-state index in [-0.39, 0.29) is 18.1 Å². The molecule has 3 rings (SSSR count). The molecule has 0 saturated carbocycles. The van der Waals surface area contributed by atoms with Crippen molar-refractivity contribution < 1.29 is 22.8 Å². The van der Waals surface area contributed by atoms with Crippen LogP contribution >= 0.6 is 11.6 Å². The summed E-state index contributed by atoms with van der Waals surface area (Å²) in [5.41, 5.74) is -0.0465. The van der Waals surface area contributed by atoms with Crippen LogP contribution in [0.5, 0.6) is 0 Å². The molecule has 1 heterocycles. The number of anilines is 1. The van der Waals surface area contributed by atoms with E-state index in [1.807, 2.05) is 35.2 Å². The summed E-state index contributed by atoms with van der Waals surface area (Å²) in [6.45, 7) is 2.28. The number of amides is 2. The minimum absolute atomic E-state index is 0.0180. The molecule has 1 fully saturated rings. The fourth-order valence-corrected chi connectivity index (χ4v) is 4.02. The zero-order chi connectivity index (χ0) is 24.2. The zero-order valence-electron chi connectivity index (χ0n) is 18.4. The van der Waals surface area contributed by atoms with Gasteiger partial charge >= 0.3 is 6.18 Å². The van der Waals surface area contributed by atoms with Crippen LogP contribution in [-0.4, -0.2) is 73.3 Å². The van der Waals surface area contributed by atoms with E-state index in [0.29, 0.717) is 26.2 Å². The molecule has 0 bridgehead atoms. The van der Waals surface area contributed by atoms with Crippen molar-refractivity contribution in [1.29, 1.82) is 0 Å². The van der Waals surface area contributed by atoms with Crippen molar-refractivity contribution in [2.75, 3.05) is 52.1 Å². The van der Waals surface area contributed by atoms with Crippen molar-refractivity contribution in [2.45, 2.75) is 12.2 Å². The average molecular weight is 483 g/mol. The Morgan fingerprint density at radius 1 is 1.06 bits per heavy atom. The summed E-state index contributed by atoms with van der Waals surface area (Å²) in [7, 11) is 3.44. The van der Waals surface area contributed by atoms with Crippen LogP contribution in [0.1, 0.15) is 17.2 Å². The molecule has 1 atom stereocenters. The van der Waals surface area contributed by atoms with Crippen LogP contribution in [-0.2, 0) is 15.8 Å². The molecule has 0 aliphatic carbocycles. The van der Waals surface area contributed by atoms with Gasteiger partial charge in [-0.15, -0.1) is 0 Å². The van der Waals surface area contributed by atoms with Gasteiger partial charge in [0, 0.05) is 46.0 Å². The van der Waals surface area contributed by atoms with E-state index in [0.717, 1.165) is 17.7 Å². The van der Waals surface area contributed by atoms with Gasteiger partial charge in [-0.2, -0.15) is 13.2 Å². The summed E-state index contributed by atoms with van der Waals surface area (Å²) in [5, 5.41) is 2.09. The van der Waals surface area contributed by atoms with Crippen molar-refractivity contribution >= 4 is 29.1 Å². The minimum atomic E-state index is -4.60. The lowest BCUT2D eigenvalue weighted by atomic mass is 10.0. The molecule has 33 heavy (non-hydrogen) atoms. The number of benzene rings is 2. The van der Waals surface area contributed by atoms with Crippen molar-refractivity contribution in [3.8, 4) is 0 Å². The normalized spacial score (nSPS) is 16.3. The van der Waals surface area contributed by atoms with Crippen molar-refractivity contribution in [3.63, 3.8) is 0 Å². The molecule has 1 aliphatic rings. The Hall–Kier alpha value is -2.62. The average Bonchev–Trinajstić information content (AvgIpc) is 2.76. The molecule has 2 aromatic rings. The molecule has 2 amide bonds. The monoisotopic (exact) mass is 482 g/mol. The molecule has 0 spiro atoms. The lowest BCUT2D eigenvalue weighted by Gasteiger charge is -2.39. The second-order valence-corrected chi connectivity index (χ2v) is 8.51. The molecule has 10 heteroatoms. The Morgan fingerprint density at radius 3 is 2.27 bits per heavy atom. The van der Waals surface area contributed by atoms with Gasteiger partial charge in [-0.25, -0.2) is 0 Å². The van der Waals surface area contributed by atoms with Crippen LogP contribution in [0, 0.1) is 0 Å². The summed E-state index contributed by atoms with van der Waals surface area (Å²) in [5.74, 6) is -0.432. The number of alkyl halides is 3. The minimum Gasteiger partial charge on any atom is -0.347 e. The standard InChI is InChI=1S/C23H26ClF3N4O2/c1-29(2)22(33)21(16-6-4-3-5-7-16)31-12-10-30(11-13-31)15-20(32)28-17-8-9-19(24)18(14-17)23(25,26)27/h3-9,14,21H,10-13,15H2,1-2H3,(H,28,32). The maximum Gasteiger partial charge on any atom is 0.417 e. The van der Waals surface area contributed by atoms with Crippen LogP contribution in [0.25, 0.3) is 0 Å². The number of piperazine rings is 1. The number of hydrogen-bond acceptors (Lipinski definition) is 4. The molecule has 1 saturated heterocycles. The number of rotatable bonds is 6. The molecule has 6 nitrogen and oxygen atoms in total. The highest BCUT2D eigenvalue weighted by Gasteiger charge is 2.34. The van der Waals surface area contributed by atoms with Gasteiger partial charge in [0.05, 0.1) is 17.1 Å². The molecule has 0 aromatic heterocycles. The highest BCUT2D eigenvalue weighted by molar-refractivity contribution is 6.31. The maximum atomic E-state index is 13.0. The molecule has 1 aliphatic heterocycles. The Balaban J connectivity index is 1.59. The van der Waals surface area contributed by atoms with Gasteiger partial charge < -0.3 is 10.2 Å². The largest absolute Gasteiger partial charge is 0.417 e. The van der Waals surface area contributed by atoms with Gasteiger partial charge in [0.1, 0.15) is 6.04 Å². The number of nitrogens with zero attached hydrogens (tertiary/aromatic N) is 3. The van der Waals surface area contributed by atoms with Crippen molar-refractivity contribution in [1.82, 2.24) is 14.7 Å². The second kappa shape index (κ2) is 10.5. The molecule has 0 radical (unpaired) electrons. The first-order chi connectivity index (χ1) is 15.6. The number of likely N-dealkylation sites (N-methyl/N-ethyl adjacent to an activating group) is 1. The van der Waals surface area contributed by atoms with E-state index in [1.54, 1.807) is 19.0 Å². The summed E-state index contributed by atoms with van der Waals surface area (Å²) in [4.78, 5) is 30.8. The third kappa shape index (κ3) is 6.46. The first-order valence-electron chi connectivity index (χ1n) is 10.5. The molecule has 1 N–H and O–H groups in total. The second-order valence-electron chi connectivity index (χ2n) is 8.10. The van der Waals surface area contributed by atoms with Gasteiger partial charge in [-0.1, -0.05) is 41.9 Å². The summed E-state index contributed by atoms with van der Waals surface area (Å²) < 4.78 is 39.1. The predicted octanol–water partition coefficient (Wildman–Crippen LogP) is 3.74. The Morgan fingerprint density at radius 2 is 1.70 bits per heavy atom. The first kappa shape index (κ1) is 25.0. The van der Waals surface area contributed by atoms with Gasteiger partial charge in [-0.3, -0.25) is 19.4 Å². The van der Waals surface area contributed by atoms with Crippen molar-refractivity contribution in [3.05, 3.63) is 64.7 Å². The first-order valence-corrected chi connectivity index (χ1v) is 10.8. The molecule has 178 valence electrons. The molecular formula is C23H26ClF3N4O2. The topological polar surface area (TPSA) is 55.9 Å². The van der Waals surface area contributed by atoms with Crippen LogP contribution in [0.15, 0.2) is 48.5 Å². The van der Waals surface area contributed by atoms with E-state index in [1.165, 1.54) is 6.07 Å². The van der Waals surface area contributed by atoms with Crippen LogP contribution < -0.4 is 5.32 Å². The molecule has 1 unspecified atom stereocenters. The SMILES string of the molecule is CN(C)C(=O)C(c1ccccc1)N1CCN(CC(=O)Nc2ccc(Cl)c(C(F)(F)F)c2)CC1. The number of halogens is 4. The van der Waals surface area contributed by atoms with E-state index in [2.05, 4.69) is 10.2 Å². The molecular weight excluding hydrogens is 457 g/mol. The molecule has 2 aromatic carbocycles. The number of carbonyl (C=O) groups is 2. The summed E-state index contributed by atoms with van der Waals surface area (Å²) >= 11 is 5.63. The Kier molecular flexibility index (Phi) is 7.99.